The standard InChI is InChI=1S/C14H20FN5O/c1-21-14(13(10-15)18-19-16)11-2-4-12(5-3-11)20-8-6-17-7-9-20/h2-5,13-14,17H,6-10H2,1H3/t13-,14-/m1/s1. The summed E-state index contributed by atoms with van der Waals surface area (Å²) in [4.78, 5) is 4.98. The minimum Gasteiger partial charge on any atom is -0.376 e. The molecule has 0 aliphatic carbocycles. The van der Waals surface area contributed by atoms with Crippen molar-refractivity contribution in [2.45, 2.75) is 12.1 Å². The first-order valence-corrected chi connectivity index (χ1v) is 6.98. The zero-order valence-corrected chi connectivity index (χ0v) is 12.1. The van der Waals surface area contributed by atoms with E-state index in [0.29, 0.717) is 0 Å². The molecule has 2 atom stereocenters. The maximum Gasteiger partial charge on any atom is 0.101 e. The van der Waals surface area contributed by atoms with Crippen LogP contribution in [0.2, 0.25) is 0 Å². The topological polar surface area (TPSA) is 73.3 Å². The number of azide groups is 1. The molecule has 1 aliphatic rings. The first-order valence-electron chi connectivity index (χ1n) is 6.98. The highest BCUT2D eigenvalue weighted by molar-refractivity contribution is 5.48. The Morgan fingerprint density at radius 1 is 1.38 bits per heavy atom. The summed E-state index contributed by atoms with van der Waals surface area (Å²) in [5.74, 6) is 0. The predicted molar refractivity (Wildman–Crippen MR) is 80.2 cm³/mol. The van der Waals surface area contributed by atoms with Crippen LogP contribution in [0.15, 0.2) is 29.4 Å². The number of piperazine rings is 1. The number of methoxy groups -OCH3 is 1. The van der Waals surface area contributed by atoms with Crippen molar-refractivity contribution in [2.75, 3.05) is 44.9 Å². The van der Waals surface area contributed by atoms with Crippen molar-refractivity contribution in [2.24, 2.45) is 5.11 Å². The lowest BCUT2D eigenvalue weighted by Crippen LogP contribution is -2.43. The molecule has 1 fully saturated rings. The predicted octanol–water partition coefficient (Wildman–Crippen LogP) is 2.43. The Labute approximate surface area is 123 Å². The lowest BCUT2D eigenvalue weighted by atomic mass is 10.0. The molecule has 7 heteroatoms. The zero-order valence-electron chi connectivity index (χ0n) is 12.1. The van der Waals surface area contributed by atoms with Crippen molar-refractivity contribution < 1.29 is 9.13 Å². The fourth-order valence-corrected chi connectivity index (χ4v) is 2.55. The summed E-state index contributed by atoms with van der Waals surface area (Å²) >= 11 is 0. The molecule has 0 amide bonds. The summed E-state index contributed by atoms with van der Waals surface area (Å²) in [5.41, 5.74) is 10.4. The third kappa shape index (κ3) is 3.85. The van der Waals surface area contributed by atoms with Crippen molar-refractivity contribution in [3.63, 3.8) is 0 Å². The first-order chi connectivity index (χ1) is 10.3. The van der Waals surface area contributed by atoms with E-state index in [-0.39, 0.29) is 0 Å². The molecule has 1 saturated heterocycles. The number of nitrogens with zero attached hydrogens (tertiary/aromatic N) is 4. The maximum absolute atomic E-state index is 13.0. The van der Waals surface area contributed by atoms with E-state index in [4.69, 9.17) is 10.3 Å². The Bertz CT molecular complexity index is 483. The van der Waals surface area contributed by atoms with E-state index >= 15 is 0 Å². The van der Waals surface area contributed by atoms with Crippen LogP contribution in [0.3, 0.4) is 0 Å². The van der Waals surface area contributed by atoms with Crippen LogP contribution in [-0.2, 0) is 4.74 Å². The molecule has 1 heterocycles. The number of nitrogens with one attached hydrogen (secondary N) is 1. The van der Waals surface area contributed by atoms with Crippen LogP contribution >= 0.6 is 0 Å². The van der Waals surface area contributed by atoms with Crippen molar-refractivity contribution in [3.05, 3.63) is 40.3 Å². The smallest absolute Gasteiger partial charge is 0.101 e. The van der Waals surface area contributed by atoms with E-state index in [9.17, 15) is 4.39 Å². The van der Waals surface area contributed by atoms with Gasteiger partial charge in [0.25, 0.3) is 0 Å². The van der Waals surface area contributed by atoms with Gasteiger partial charge in [0, 0.05) is 43.9 Å². The molecule has 0 aromatic heterocycles. The average molecular weight is 293 g/mol. The Morgan fingerprint density at radius 3 is 2.57 bits per heavy atom. The van der Waals surface area contributed by atoms with Gasteiger partial charge in [0.05, 0.1) is 12.1 Å². The van der Waals surface area contributed by atoms with Gasteiger partial charge in [-0.25, -0.2) is 0 Å². The van der Waals surface area contributed by atoms with Crippen LogP contribution < -0.4 is 10.2 Å². The van der Waals surface area contributed by atoms with E-state index in [1.807, 2.05) is 24.3 Å². The zero-order chi connectivity index (χ0) is 15.1. The number of anilines is 1. The van der Waals surface area contributed by atoms with Gasteiger partial charge in [-0.3, -0.25) is 4.39 Å². The molecule has 6 nitrogen and oxygen atoms in total. The third-order valence-electron chi connectivity index (χ3n) is 3.67. The van der Waals surface area contributed by atoms with E-state index in [1.54, 1.807) is 0 Å². The minimum atomic E-state index is -0.843. The van der Waals surface area contributed by atoms with E-state index in [0.717, 1.165) is 37.4 Å². The Morgan fingerprint density at radius 2 is 2.05 bits per heavy atom. The Hall–Kier alpha value is -1.82. The normalized spacial score (nSPS) is 17.9. The number of ether oxygens (including phenoxy) is 1. The third-order valence-corrected chi connectivity index (χ3v) is 3.67. The van der Waals surface area contributed by atoms with Gasteiger partial charge < -0.3 is 15.0 Å². The summed E-state index contributed by atoms with van der Waals surface area (Å²) in [6, 6.07) is 6.96. The number of halogens is 1. The highest BCUT2D eigenvalue weighted by Gasteiger charge is 2.22. The summed E-state index contributed by atoms with van der Waals surface area (Å²) in [7, 11) is 1.49. The largest absolute Gasteiger partial charge is 0.376 e. The number of alkyl halides is 1. The highest BCUT2D eigenvalue weighted by atomic mass is 19.1. The summed E-state index contributed by atoms with van der Waals surface area (Å²) in [6.07, 6.45) is -0.567. The summed E-state index contributed by atoms with van der Waals surface area (Å²) < 4.78 is 18.3. The van der Waals surface area contributed by atoms with Crippen LogP contribution in [0.4, 0.5) is 10.1 Å². The van der Waals surface area contributed by atoms with Crippen LogP contribution in [0.25, 0.3) is 10.4 Å². The van der Waals surface area contributed by atoms with Gasteiger partial charge in [0.2, 0.25) is 0 Å². The number of hydrogen-bond donors (Lipinski definition) is 1. The fourth-order valence-electron chi connectivity index (χ4n) is 2.55. The van der Waals surface area contributed by atoms with Crippen molar-refractivity contribution >= 4 is 5.69 Å². The second kappa shape index (κ2) is 7.83. The highest BCUT2D eigenvalue weighted by Crippen LogP contribution is 2.26. The molecular weight excluding hydrogens is 273 g/mol. The lowest BCUT2D eigenvalue weighted by Gasteiger charge is -2.30. The van der Waals surface area contributed by atoms with E-state index in [2.05, 4.69) is 20.2 Å². The summed E-state index contributed by atoms with van der Waals surface area (Å²) in [6.45, 7) is 3.15. The maximum atomic E-state index is 13.0. The second-order valence-electron chi connectivity index (χ2n) is 4.91. The summed E-state index contributed by atoms with van der Waals surface area (Å²) in [5, 5.41) is 6.77. The molecular formula is C14H20FN5O. The fraction of sp³-hybridized carbons (Fsp3) is 0.571. The molecule has 0 bridgehead atoms. The van der Waals surface area contributed by atoms with Gasteiger partial charge in [-0.1, -0.05) is 17.2 Å². The molecule has 1 aromatic carbocycles. The van der Waals surface area contributed by atoms with Crippen LogP contribution in [0.1, 0.15) is 11.7 Å². The van der Waals surface area contributed by atoms with Gasteiger partial charge in [-0.2, -0.15) is 0 Å². The molecule has 1 N–H and O–H groups in total. The molecule has 0 saturated carbocycles. The van der Waals surface area contributed by atoms with Crippen molar-refractivity contribution in [1.82, 2.24) is 5.32 Å². The second-order valence-corrected chi connectivity index (χ2v) is 4.91. The molecule has 114 valence electrons. The van der Waals surface area contributed by atoms with Gasteiger partial charge in [0.1, 0.15) is 6.67 Å². The monoisotopic (exact) mass is 293 g/mol. The SMILES string of the molecule is CO[C@H](c1ccc(N2CCNCC2)cc1)[C@@H](CF)N=[N+]=[N-]. The molecule has 0 unspecified atom stereocenters. The van der Waals surface area contributed by atoms with E-state index < -0.39 is 18.8 Å². The molecule has 0 radical (unpaired) electrons. The van der Waals surface area contributed by atoms with Gasteiger partial charge >= 0.3 is 0 Å². The molecule has 2 rings (SSSR count). The van der Waals surface area contributed by atoms with Crippen molar-refractivity contribution in [3.8, 4) is 0 Å². The number of hydrogen-bond acceptors (Lipinski definition) is 4. The van der Waals surface area contributed by atoms with Crippen LogP contribution in [-0.4, -0.2) is 46.0 Å². The number of benzene rings is 1. The average Bonchev–Trinajstić information content (AvgIpc) is 2.56. The van der Waals surface area contributed by atoms with E-state index in [1.165, 1.54) is 7.11 Å². The van der Waals surface area contributed by atoms with Gasteiger partial charge in [-0.05, 0) is 23.2 Å². The first kappa shape index (κ1) is 15.6. The van der Waals surface area contributed by atoms with Gasteiger partial charge in [0.15, 0.2) is 0 Å². The molecule has 21 heavy (non-hydrogen) atoms. The Balaban J connectivity index is 2.13. The van der Waals surface area contributed by atoms with Crippen molar-refractivity contribution in [1.29, 1.82) is 0 Å². The van der Waals surface area contributed by atoms with Crippen LogP contribution in [0.5, 0.6) is 0 Å². The number of rotatable bonds is 6. The quantitative estimate of drug-likeness (QED) is 0.497. The molecule has 0 spiro atoms. The van der Waals surface area contributed by atoms with Gasteiger partial charge in [-0.15, -0.1) is 0 Å². The Kier molecular flexibility index (Phi) is 5.80. The molecule has 1 aromatic rings. The van der Waals surface area contributed by atoms with Crippen LogP contribution in [0, 0.1) is 0 Å². The minimum absolute atomic E-state index is 0.567. The lowest BCUT2D eigenvalue weighted by molar-refractivity contribution is 0.0722. The molecule has 1 aliphatic heterocycles.